The molecule has 0 aliphatic heterocycles. The first kappa shape index (κ1) is 19.0. The SMILES string of the molecule is CCCC(C)(NC(=O)CCc1ncc(-c2ccccc2Cl)o1)C(=O)O. The Bertz CT molecular complexity index is 759. The number of nitrogens with one attached hydrogen (secondary N) is 1. The van der Waals surface area contributed by atoms with Crippen LogP contribution in [0.1, 0.15) is 39.0 Å². The zero-order valence-electron chi connectivity index (χ0n) is 14.2. The van der Waals surface area contributed by atoms with Crippen LogP contribution in [0.5, 0.6) is 0 Å². The van der Waals surface area contributed by atoms with Crippen molar-refractivity contribution >= 4 is 23.5 Å². The molecule has 0 aliphatic rings. The fourth-order valence-corrected chi connectivity index (χ4v) is 2.75. The molecule has 0 spiro atoms. The average molecular weight is 365 g/mol. The molecule has 0 aliphatic carbocycles. The second-order valence-corrected chi connectivity index (χ2v) is 6.44. The molecule has 2 aromatic rings. The van der Waals surface area contributed by atoms with Crippen molar-refractivity contribution in [3.05, 3.63) is 41.4 Å². The lowest BCUT2D eigenvalue weighted by Crippen LogP contribution is -2.52. The summed E-state index contributed by atoms with van der Waals surface area (Å²) in [5.74, 6) is -0.462. The van der Waals surface area contributed by atoms with Gasteiger partial charge in [-0.05, 0) is 25.5 Å². The highest BCUT2D eigenvalue weighted by molar-refractivity contribution is 6.33. The summed E-state index contributed by atoms with van der Waals surface area (Å²) in [6.07, 6.45) is 2.95. The second kappa shape index (κ2) is 8.16. The normalized spacial score (nSPS) is 13.2. The summed E-state index contributed by atoms with van der Waals surface area (Å²) in [4.78, 5) is 27.6. The van der Waals surface area contributed by atoms with E-state index in [1.165, 1.54) is 6.92 Å². The summed E-state index contributed by atoms with van der Waals surface area (Å²) in [5.41, 5.74) is -0.528. The lowest BCUT2D eigenvalue weighted by Gasteiger charge is -2.25. The fourth-order valence-electron chi connectivity index (χ4n) is 2.52. The molecule has 7 heteroatoms. The van der Waals surface area contributed by atoms with Crippen molar-refractivity contribution in [2.45, 2.75) is 45.1 Å². The van der Waals surface area contributed by atoms with Gasteiger partial charge in [-0.2, -0.15) is 0 Å². The van der Waals surface area contributed by atoms with Gasteiger partial charge in [-0.1, -0.05) is 37.1 Å². The third-order valence-electron chi connectivity index (χ3n) is 3.90. The van der Waals surface area contributed by atoms with Gasteiger partial charge in [0.05, 0.1) is 11.2 Å². The first-order valence-electron chi connectivity index (χ1n) is 8.09. The molecule has 2 N–H and O–H groups in total. The Labute approximate surface area is 151 Å². The summed E-state index contributed by atoms with van der Waals surface area (Å²) >= 11 is 6.12. The number of benzene rings is 1. The van der Waals surface area contributed by atoms with Crippen molar-refractivity contribution < 1.29 is 19.1 Å². The summed E-state index contributed by atoms with van der Waals surface area (Å²) in [6, 6.07) is 7.25. The number of nitrogens with zero attached hydrogens (tertiary/aromatic N) is 1. The van der Waals surface area contributed by atoms with Gasteiger partial charge in [0, 0.05) is 18.4 Å². The Morgan fingerprint density at radius 2 is 2.08 bits per heavy atom. The highest BCUT2D eigenvalue weighted by atomic mass is 35.5. The number of hydrogen-bond acceptors (Lipinski definition) is 4. The minimum absolute atomic E-state index is 0.0923. The predicted molar refractivity (Wildman–Crippen MR) is 94.4 cm³/mol. The molecule has 0 bridgehead atoms. The first-order chi connectivity index (χ1) is 11.9. The molecule has 1 unspecified atom stereocenters. The molecular weight excluding hydrogens is 344 g/mol. The van der Waals surface area contributed by atoms with Gasteiger partial charge in [0.15, 0.2) is 11.7 Å². The van der Waals surface area contributed by atoms with Crippen molar-refractivity contribution in [1.29, 1.82) is 0 Å². The van der Waals surface area contributed by atoms with Crippen LogP contribution in [-0.4, -0.2) is 27.5 Å². The van der Waals surface area contributed by atoms with Crippen LogP contribution in [0.4, 0.5) is 0 Å². The van der Waals surface area contributed by atoms with Crippen molar-refractivity contribution in [3.63, 3.8) is 0 Å². The van der Waals surface area contributed by atoms with Crippen LogP contribution in [0.25, 0.3) is 11.3 Å². The number of aromatic nitrogens is 1. The minimum Gasteiger partial charge on any atom is -0.480 e. The number of aliphatic carboxylic acids is 1. The molecule has 1 aromatic carbocycles. The maximum atomic E-state index is 12.1. The number of carbonyl (C=O) groups is 2. The number of carboxylic acids is 1. The molecule has 1 aromatic heterocycles. The standard InChI is InChI=1S/C18H21ClN2O4/c1-3-10-18(2,17(23)24)21-15(22)8-9-16-20-11-14(25-16)12-6-4-5-7-13(12)19/h4-7,11H,3,8-10H2,1-2H3,(H,21,22)(H,23,24). The van der Waals surface area contributed by atoms with Gasteiger partial charge in [-0.25, -0.2) is 9.78 Å². The monoisotopic (exact) mass is 364 g/mol. The van der Waals surface area contributed by atoms with E-state index in [2.05, 4.69) is 10.3 Å². The number of halogens is 1. The Balaban J connectivity index is 1.97. The predicted octanol–water partition coefficient (Wildman–Crippen LogP) is 3.69. The van der Waals surface area contributed by atoms with Crippen molar-refractivity contribution in [2.75, 3.05) is 0 Å². The van der Waals surface area contributed by atoms with Crippen molar-refractivity contribution in [3.8, 4) is 11.3 Å². The maximum absolute atomic E-state index is 12.1. The molecular formula is C18H21ClN2O4. The molecule has 2 rings (SSSR count). The summed E-state index contributed by atoms with van der Waals surface area (Å²) in [5, 5.41) is 12.4. The van der Waals surface area contributed by atoms with Gasteiger partial charge in [-0.3, -0.25) is 4.79 Å². The number of hydrogen-bond donors (Lipinski definition) is 2. The fraction of sp³-hybridized carbons (Fsp3) is 0.389. The van der Waals surface area contributed by atoms with E-state index in [-0.39, 0.29) is 18.7 Å². The van der Waals surface area contributed by atoms with Crippen LogP contribution in [0.15, 0.2) is 34.9 Å². The average Bonchev–Trinajstić information content (AvgIpc) is 3.02. The number of oxazole rings is 1. The van der Waals surface area contributed by atoms with Crippen LogP contribution in [-0.2, 0) is 16.0 Å². The van der Waals surface area contributed by atoms with Gasteiger partial charge >= 0.3 is 5.97 Å². The van der Waals surface area contributed by atoms with E-state index in [0.717, 1.165) is 5.56 Å². The van der Waals surface area contributed by atoms with E-state index in [0.29, 0.717) is 29.5 Å². The summed E-state index contributed by atoms with van der Waals surface area (Å²) in [6.45, 7) is 3.38. The minimum atomic E-state index is -1.26. The molecule has 6 nitrogen and oxygen atoms in total. The van der Waals surface area contributed by atoms with Gasteiger partial charge in [0.25, 0.3) is 0 Å². The number of carbonyl (C=O) groups excluding carboxylic acids is 1. The summed E-state index contributed by atoms with van der Waals surface area (Å²) in [7, 11) is 0. The maximum Gasteiger partial charge on any atom is 0.329 e. The quantitative estimate of drug-likeness (QED) is 0.745. The smallest absolute Gasteiger partial charge is 0.329 e. The highest BCUT2D eigenvalue weighted by Gasteiger charge is 2.33. The molecule has 0 saturated heterocycles. The number of rotatable bonds is 8. The largest absolute Gasteiger partial charge is 0.480 e. The number of amides is 1. The molecule has 0 fully saturated rings. The molecule has 0 radical (unpaired) electrons. The van der Waals surface area contributed by atoms with E-state index in [4.69, 9.17) is 16.0 Å². The van der Waals surface area contributed by atoms with Gasteiger partial charge in [-0.15, -0.1) is 0 Å². The highest BCUT2D eigenvalue weighted by Crippen LogP contribution is 2.28. The summed E-state index contributed by atoms with van der Waals surface area (Å²) < 4.78 is 5.63. The van der Waals surface area contributed by atoms with Crippen LogP contribution < -0.4 is 5.32 Å². The van der Waals surface area contributed by atoms with E-state index in [1.54, 1.807) is 12.3 Å². The van der Waals surface area contributed by atoms with E-state index in [1.807, 2.05) is 25.1 Å². The number of carboxylic acid groups (broad SMARTS) is 1. The molecule has 0 saturated carbocycles. The van der Waals surface area contributed by atoms with Crippen LogP contribution in [0, 0.1) is 0 Å². The molecule has 1 atom stereocenters. The Kier molecular flexibility index (Phi) is 6.20. The van der Waals surface area contributed by atoms with Crippen LogP contribution >= 0.6 is 11.6 Å². The molecule has 1 heterocycles. The van der Waals surface area contributed by atoms with E-state index < -0.39 is 11.5 Å². The van der Waals surface area contributed by atoms with Crippen LogP contribution in [0.2, 0.25) is 5.02 Å². The topological polar surface area (TPSA) is 92.4 Å². The first-order valence-corrected chi connectivity index (χ1v) is 8.47. The van der Waals surface area contributed by atoms with Gasteiger partial charge in [0.1, 0.15) is 5.54 Å². The molecule has 1 amide bonds. The Hall–Kier alpha value is -2.34. The number of aryl methyl sites for hydroxylation is 1. The molecule has 134 valence electrons. The van der Waals surface area contributed by atoms with Crippen molar-refractivity contribution in [1.82, 2.24) is 10.3 Å². The second-order valence-electron chi connectivity index (χ2n) is 6.03. The van der Waals surface area contributed by atoms with E-state index >= 15 is 0 Å². The van der Waals surface area contributed by atoms with E-state index in [9.17, 15) is 14.7 Å². The third kappa shape index (κ3) is 4.82. The molecule has 25 heavy (non-hydrogen) atoms. The lowest BCUT2D eigenvalue weighted by atomic mass is 9.96. The zero-order chi connectivity index (χ0) is 18.4. The van der Waals surface area contributed by atoms with Gasteiger partial charge < -0.3 is 14.8 Å². The Morgan fingerprint density at radius 3 is 2.72 bits per heavy atom. The Morgan fingerprint density at radius 1 is 1.36 bits per heavy atom. The van der Waals surface area contributed by atoms with Crippen molar-refractivity contribution in [2.24, 2.45) is 0 Å². The lowest BCUT2D eigenvalue weighted by molar-refractivity contribution is -0.147. The van der Waals surface area contributed by atoms with Gasteiger partial charge in [0.2, 0.25) is 5.91 Å². The van der Waals surface area contributed by atoms with Crippen LogP contribution in [0.3, 0.4) is 0 Å². The zero-order valence-corrected chi connectivity index (χ0v) is 15.0. The third-order valence-corrected chi connectivity index (χ3v) is 4.23.